The van der Waals surface area contributed by atoms with Crippen LogP contribution in [-0.4, -0.2) is 23.2 Å². The van der Waals surface area contributed by atoms with Crippen molar-refractivity contribution in [3.05, 3.63) is 34.7 Å². The van der Waals surface area contributed by atoms with Gasteiger partial charge in [0.1, 0.15) is 0 Å². The number of rotatable bonds is 4. The molecule has 0 saturated carbocycles. The van der Waals surface area contributed by atoms with Crippen molar-refractivity contribution in [1.82, 2.24) is 0 Å². The van der Waals surface area contributed by atoms with Gasteiger partial charge in [0.05, 0.1) is 8.07 Å². The first-order chi connectivity index (χ1) is 9.27. The van der Waals surface area contributed by atoms with Crippen LogP contribution in [0.3, 0.4) is 0 Å². The third-order valence-electron chi connectivity index (χ3n) is 5.12. The van der Waals surface area contributed by atoms with Gasteiger partial charge >= 0.3 is 0 Å². The van der Waals surface area contributed by atoms with Gasteiger partial charge in [0.25, 0.3) is 0 Å². The highest BCUT2D eigenvalue weighted by atomic mass is 28.3. The van der Waals surface area contributed by atoms with E-state index in [0.29, 0.717) is 11.8 Å². The van der Waals surface area contributed by atoms with E-state index >= 15 is 0 Å². The van der Waals surface area contributed by atoms with Crippen LogP contribution in [0.2, 0.25) is 13.1 Å². The van der Waals surface area contributed by atoms with Crippen molar-refractivity contribution >= 4 is 34.5 Å². The summed E-state index contributed by atoms with van der Waals surface area (Å²) in [6, 6.07) is 9.01. The Labute approximate surface area is 127 Å². The maximum atomic E-state index is 2.58. The van der Waals surface area contributed by atoms with Crippen LogP contribution in [0.25, 0.3) is 11.3 Å². The highest BCUT2D eigenvalue weighted by Crippen LogP contribution is 2.49. The Hall–Kier alpha value is -0.736. The minimum absolute atomic E-state index is 0.233. The zero-order valence-corrected chi connectivity index (χ0v) is 16.2. The molecule has 0 fully saturated rings. The van der Waals surface area contributed by atoms with E-state index in [1.807, 2.05) is 9.85 Å². The molecule has 0 nitrogen and oxygen atoms in total. The molecule has 2 heteroatoms. The van der Waals surface area contributed by atoms with Crippen LogP contribution in [0.5, 0.6) is 0 Å². The molecule has 0 spiro atoms. The largest absolute Gasteiger partial charge is 0.115 e. The Morgan fingerprint density at radius 1 is 1.05 bits per heavy atom. The van der Waals surface area contributed by atoms with Crippen LogP contribution in [-0.2, 0) is 0 Å². The SMILES string of the molecule is CC(C)C1(C(C)C)C=c2ccccc2=C1[Si](C)(C)C=[SiH2]. The van der Waals surface area contributed by atoms with E-state index in [9.17, 15) is 0 Å². The molecule has 0 unspecified atom stereocenters. The standard InChI is InChI=1S/C18H28Si2/c1-13(2)18(14(3)4)11-15-9-7-8-10-16(15)17(18)20(5,6)12-19/h7-14H,19H2,1-6H3. The molecule has 0 saturated heterocycles. The summed E-state index contributed by atoms with van der Waals surface area (Å²) < 4.78 is 0. The zero-order chi connectivity index (χ0) is 15.1. The maximum Gasteiger partial charge on any atom is 0.0961 e. The van der Waals surface area contributed by atoms with Crippen LogP contribution < -0.4 is 10.4 Å². The van der Waals surface area contributed by atoms with Gasteiger partial charge in [0.15, 0.2) is 0 Å². The molecule has 1 aromatic rings. The summed E-state index contributed by atoms with van der Waals surface area (Å²) in [5, 5.41) is 7.25. The van der Waals surface area contributed by atoms with Crippen molar-refractivity contribution < 1.29 is 0 Å². The molecule has 0 aliphatic heterocycles. The fourth-order valence-corrected chi connectivity index (χ4v) is 7.50. The van der Waals surface area contributed by atoms with Crippen molar-refractivity contribution in [2.24, 2.45) is 17.3 Å². The predicted molar refractivity (Wildman–Crippen MR) is 97.8 cm³/mol. The average Bonchev–Trinajstić information content (AvgIpc) is 2.75. The molecule has 0 heterocycles. The van der Waals surface area contributed by atoms with Gasteiger partial charge in [0.2, 0.25) is 0 Å². The Bertz CT molecular complexity index is 628. The van der Waals surface area contributed by atoms with E-state index in [1.54, 1.807) is 5.20 Å². The molecule has 0 atom stereocenters. The molecule has 0 bridgehead atoms. The molecule has 1 aliphatic carbocycles. The fourth-order valence-electron chi connectivity index (χ4n) is 4.00. The van der Waals surface area contributed by atoms with E-state index < -0.39 is 8.07 Å². The van der Waals surface area contributed by atoms with Gasteiger partial charge < -0.3 is 0 Å². The molecule has 108 valence electrons. The van der Waals surface area contributed by atoms with Crippen molar-refractivity contribution in [3.63, 3.8) is 0 Å². The van der Waals surface area contributed by atoms with E-state index in [1.165, 1.54) is 10.4 Å². The Balaban J connectivity index is 2.93. The average molecular weight is 301 g/mol. The second-order valence-electron chi connectivity index (χ2n) is 7.27. The quantitative estimate of drug-likeness (QED) is 0.748. The van der Waals surface area contributed by atoms with E-state index in [-0.39, 0.29) is 5.41 Å². The first-order valence-corrected chi connectivity index (χ1v) is 11.6. The molecule has 0 radical (unpaired) electrons. The molecule has 1 aromatic carbocycles. The van der Waals surface area contributed by atoms with Gasteiger partial charge in [-0.15, -0.1) is 5.30 Å². The number of fused-ring (bicyclic) bond motifs is 1. The topological polar surface area (TPSA) is 0 Å². The molecule has 0 N–H and O–H groups in total. The molecule has 20 heavy (non-hydrogen) atoms. The molecule has 0 amide bonds. The summed E-state index contributed by atoms with van der Waals surface area (Å²) in [6.45, 7) is 14.6. The molecular formula is C18H28Si2. The first kappa shape index (κ1) is 15.6. The molecule has 0 aromatic heterocycles. The monoisotopic (exact) mass is 300 g/mol. The minimum Gasteiger partial charge on any atom is -0.115 e. The van der Waals surface area contributed by atoms with Gasteiger partial charge in [-0.3, -0.25) is 0 Å². The lowest BCUT2D eigenvalue weighted by Crippen LogP contribution is -2.46. The Morgan fingerprint density at radius 3 is 2.10 bits per heavy atom. The summed E-state index contributed by atoms with van der Waals surface area (Å²) in [5.41, 5.74) is 0.233. The highest BCUT2D eigenvalue weighted by Gasteiger charge is 2.46. The third-order valence-corrected chi connectivity index (χ3v) is 11.2. The smallest absolute Gasteiger partial charge is 0.0961 e. The fraction of sp³-hybridized carbons (Fsp3) is 0.500. The second kappa shape index (κ2) is 5.23. The van der Waals surface area contributed by atoms with Crippen LogP contribution in [0.4, 0.5) is 0 Å². The molecule has 2 rings (SSSR count). The number of hydrogen-bond acceptors (Lipinski definition) is 0. The third kappa shape index (κ3) is 2.13. The summed E-state index contributed by atoms with van der Waals surface area (Å²) in [4.78, 5) is 0. The van der Waals surface area contributed by atoms with Gasteiger partial charge in [-0.25, -0.2) is 0 Å². The lowest BCUT2D eigenvalue weighted by Gasteiger charge is -2.44. The van der Waals surface area contributed by atoms with Gasteiger partial charge in [0, 0.05) is 5.41 Å². The number of benzene rings is 1. The second-order valence-corrected chi connectivity index (χ2v) is 12.9. The van der Waals surface area contributed by atoms with Gasteiger partial charge in [-0.05, 0) is 32.1 Å². The number of hydrogen-bond donors (Lipinski definition) is 0. The molecule has 1 aliphatic rings. The Kier molecular flexibility index (Phi) is 4.09. The minimum atomic E-state index is -1.48. The van der Waals surface area contributed by atoms with Gasteiger partial charge in [-0.1, -0.05) is 76.3 Å². The lowest BCUT2D eigenvalue weighted by atomic mass is 9.69. The van der Waals surface area contributed by atoms with Gasteiger partial charge in [-0.2, -0.15) is 0 Å². The predicted octanol–water partition coefficient (Wildman–Crippen LogP) is 2.15. The van der Waals surface area contributed by atoms with Crippen LogP contribution >= 0.6 is 0 Å². The summed E-state index contributed by atoms with van der Waals surface area (Å²) >= 11 is 0. The molecular weight excluding hydrogens is 272 g/mol. The zero-order valence-electron chi connectivity index (χ0n) is 13.8. The lowest BCUT2D eigenvalue weighted by molar-refractivity contribution is 0.290. The van der Waals surface area contributed by atoms with Crippen molar-refractivity contribution in [3.8, 4) is 0 Å². The first-order valence-electron chi connectivity index (χ1n) is 7.74. The summed E-state index contributed by atoms with van der Waals surface area (Å²) in [6.07, 6.45) is 2.58. The highest BCUT2D eigenvalue weighted by molar-refractivity contribution is 7.17. The van der Waals surface area contributed by atoms with Crippen molar-refractivity contribution in [2.75, 3.05) is 0 Å². The summed E-state index contributed by atoms with van der Waals surface area (Å²) in [7, 11) is 0.560. The maximum absolute atomic E-state index is 2.58. The van der Waals surface area contributed by atoms with Crippen molar-refractivity contribution in [1.29, 1.82) is 0 Å². The summed E-state index contributed by atoms with van der Waals surface area (Å²) in [5.74, 6) is 1.28. The van der Waals surface area contributed by atoms with E-state index in [4.69, 9.17) is 0 Å². The van der Waals surface area contributed by atoms with Crippen molar-refractivity contribution in [2.45, 2.75) is 40.8 Å². The van der Waals surface area contributed by atoms with Crippen LogP contribution in [0, 0.1) is 17.3 Å². The van der Waals surface area contributed by atoms with E-state index in [0.717, 1.165) is 0 Å². The van der Waals surface area contributed by atoms with E-state index in [2.05, 4.69) is 76.4 Å². The normalized spacial score (nSPS) is 17.3. The Morgan fingerprint density at radius 2 is 1.60 bits per heavy atom. The van der Waals surface area contributed by atoms with Crippen LogP contribution in [0.1, 0.15) is 27.7 Å². The van der Waals surface area contributed by atoms with Crippen LogP contribution in [0.15, 0.2) is 24.3 Å².